The first-order chi connectivity index (χ1) is 26.8. The zero-order valence-electron chi connectivity index (χ0n) is 29.6. The Balaban J connectivity index is 1.07. The van der Waals surface area contributed by atoms with E-state index in [2.05, 4.69) is 217 Å². The normalized spacial score (nSPS) is 11.5. The lowest BCUT2D eigenvalue weighted by molar-refractivity contribution is 0.487. The Morgan fingerprint density at radius 2 is 0.759 bits per heavy atom. The van der Waals surface area contributed by atoms with Gasteiger partial charge in [0.25, 0.3) is 0 Å². The number of benzene rings is 9. The molecule has 0 amide bonds. The van der Waals surface area contributed by atoms with Crippen LogP contribution in [0.1, 0.15) is 0 Å². The van der Waals surface area contributed by atoms with E-state index in [1.165, 1.54) is 38.9 Å². The van der Waals surface area contributed by atoms with Crippen molar-refractivity contribution >= 4 is 27.8 Å². The lowest BCUT2D eigenvalue weighted by atomic mass is 9.91. The minimum absolute atomic E-state index is 0.867. The van der Waals surface area contributed by atoms with Crippen molar-refractivity contribution in [3.05, 3.63) is 212 Å². The first-order valence-electron chi connectivity index (χ1n) is 18.4. The van der Waals surface area contributed by atoms with Crippen LogP contribution in [-0.2, 0) is 0 Å². The second kappa shape index (κ2) is 13.4. The highest BCUT2D eigenvalue weighted by Crippen LogP contribution is 2.51. The zero-order valence-corrected chi connectivity index (χ0v) is 29.6. The third-order valence-electron chi connectivity index (χ3n) is 10.5. The van der Waals surface area contributed by atoms with Crippen LogP contribution in [0.2, 0.25) is 0 Å². The molecule has 2 nitrogen and oxygen atoms in total. The van der Waals surface area contributed by atoms with Crippen molar-refractivity contribution in [2.45, 2.75) is 0 Å². The Labute approximate surface area is 315 Å². The summed E-state index contributed by atoms with van der Waals surface area (Å²) >= 11 is 0. The molecule has 54 heavy (non-hydrogen) atoms. The van der Waals surface area contributed by atoms with Crippen LogP contribution in [0.4, 0.5) is 17.1 Å². The quantitative estimate of drug-likeness (QED) is 0.165. The van der Waals surface area contributed by atoms with Crippen LogP contribution in [0.15, 0.2) is 212 Å². The summed E-state index contributed by atoms with van der Waals surface area (Å²) in [4.78, 5) is 2.37. The van der Waals surface area contributed by atoms with Gasteiger partial charge >= 0.3 is 0 Å². The van der Waals surface area contributed by atoms with E-state index in [9.17, 15) is 0 Å². The van der Waals surface area contributed by atoms with Crippen molar-refractivity contribution in [1.29, 1.82) is 0 Å². The fourth-order valence-electron chi connectivity index (χ4n) is 7.79. The Morgan fingerprint density at radius 1 is 0.296 bits per heavy atom. The Bertz CT molecular complexity index is 2670. The van der Waals surface area contributed by atoms with E-state index >= 15 is 0 Å². The van der Waals surface area contributed by atoms with Gasteiger partial charge in [-0.1, -0.05) is 158 Å². The van der Waals surface area contributed by atoms with Gasteiger partial charge < -0.3 is 9.64 Å². The van der Waals surface area contributed by atoms with Crippen molar-refractivity contribution in [1.82, 2.24) is 0 Å². The average molecular weight is 690 g/mol. The maximum atomic E-state index is 6.78. The van der Waals surface area contributed by atoms with Crippen LogP contribution in [0.3, 0.4) is 0 Å². The number of hydrogen-bond donors (Lipinski definition) is 0. The van der Waals surface area contributed by atoms with Gasteiger partial charge in [-0.25, -0.2) is 0 Å². The molecule has 1 aliphatic rings. The van der Waals surface area contributed by atoms with E-state index in [-0.39, 0.29) is 0 Å². The summed E-state index contributed by atoms with van der Waals surface area (Å²) in [7, 11) is 0. The van der Waals surface area contributed by atoms with Crippen molar-refractivity contribution in [2.24, 2.45) is 0 Å². The highest BCUT2D eigenvalue weighted by molar-refractivity contribution is 6.11. The third-order valence-corrected chi connectivity index (χ3v) is 10.5. The van der Waals surface area contributed by atoms with Crippen LogP contribution in [-0.4, -0.2) is 0 Å². The Hall–Kier alpha value is -7.16. The van der Waals surface area contributed by atoms with E-state index in [0.717, 1.165) is 56.0 Å². The maximum Gasteiger partial charge on any atom is 0.136 e. The first-order valence-corrected chi connectivity index (χ1v) is 18.4. The van der Waals surface area contributed by atoms with E-state index < -0.39 is 0 Å². The average Bonchev–Trinajstić information content (AvgIpc) is 3.26. The molecule has 9 aromatic rings. The molecule has 0 spiro atoms. The molecule has 2 heteroatoms. The second-order valence-corrected chi connectivity index (χ2v) is 13.7. The molecule has 1 aliphatic heterocycles. The van der Waals surface area contributed by atoms with Gasteiger partial charge in [0.1, 0.15) is 11.5 Å². The van der Waals surface area contributed by atoms with Gasteiger partial charge in [-0.2, -0.15) is 0 Å². The molecule has 0 saturated carbocycles. The topological polar surface area (TPSA) is 12.5 Å². The van der Waals surface area contributed by atoms with Gasteiger partial charge in [0.2, 0.25) is 0 Å². The lowest BCUT2D eigenvalue weighted by Crippen LogP contribution is -2.11. The number of ether oxygens (including phenoxy) is 1. The zero-order chi connectivity index (χ0) is 35.8. The molecule has 0 radical (unpaired) electrons. The lowest BCUT2D eigenvalue weighted by Gasteiger charge is -2.29. The fraction of sp³-hybridized carbons (Fsp3) is 0. The molecule has 0 atom stereocenters. The van der Waals surface area contributed by atoms with E-state index in [1.54, 1.807) is 0 Å². The monoisotopic (exact) mass is 689 g/mol. The number of anilines is 3. The molecule has 0 fully saturated rings. The van der Waals surface area contributed by atoms with Gasteiger partial charge in [-0.3, -0.25) is 0 Å². The summed E-state index contributed by atoms with van der Waals surface area (Å²) in [5.41, 5.74) is 15.0. The molecular weight excluding hydrogens is 655 g/mol. The number of nitrogens with zero attached hydrogens (tertiary/aromatic N) is 1. The highest BCUT2D eigenvalue weighted by Gasteiger charge is 2.24. The van der Waals surface area contributed by atoms with Crippen molar-refractivity contribution < 1.29 is 4.74 Å². The van der Waals surface area contributed by atoms with Crippen LogP contribution >= 0.6 is 0 Å². The minimum atomic E-state index is 0.867. The molecule has 0 N–H and O–H groups in total. The number of hydrogen-bond acceptors (Lipinski definition) is 2. The fourth-order valence-corrected chi connectivity index (χ4v) is 7.79. The molecule has 0 bridgehead atoms. The second-order valence-electron chi connectivity index (χ2n) is 13.7. The van der Waals surface area contributed by atoms with Crippen LogP contribution in [0.5, 0.6) is 11.5 Å². The molecule has 0 unspecified atom stereocenters. The SMILES string of the molecule is c1ccc(-c2ccc(N(c3ccc(-c4ccccc4)cc3)c3ccc4c5c(cccc35)-c3ccc(-c5cccc(-c6ccccc6)c5)cc3O4)cc2)cc1. The van der Waals surface area contributed by atoms with Gasteiger partial charge in [0, 0.05) is 27.7 Å². The van der Waals surface area contributed by atoms with Crippen molar-refractivity contribution in [3.63, 3.8) is 0 Å². The van der Waals surface area contributed by atoms with E-state index in [0.29, 0.717) is 0 Å². The van der Waals surface area contributed by atoms with Gasteiger partial charge in [-0.15, -0.1) is 0 Å². The standard InChI is InChI=1S/C52H35NO/c1-4-12-36(13-5-1)39-22-27-44(28-23-39)53(45-29-24-40(25-30-45)37-14-6-2-7-15-37)49-32-33-50-52-47(20-11-21-48(49)52)46-31-26-43(35-51(46)54-50)42-19-10-18-41(34-42)38-16-8-3-9-17-38/h1-35H. The van der Waals surface area contributed by atoms with Gasteiger partial charge in [-0.05, 0) is 105 Å². The van der Waals surface area contributed by atoms with Crippen molar-refractivity contribution in [3.8, 4) is 67.1 Å². The number of fused-ring (bicyclic) bond motifs is 2. The molecule has 0 aromatic heterocycles. The Kier molecular flexibility index (Phi) is 7.85. The van der Waals surface area contributed by atoms with Crippen LogP contribution in [0.25, 0.3) is 66.4 Å². The predicted molar refractivity (Wildman–Crippen MR) is 226 cm³/mol. The summed E-state index contributed by atoms with van der Waals surface area (Å²) in [6.45, 7) is 0. The summed E-state index contributed by atoms with van der Waals surface area (Å²) in [5, 5.41) is 2.25. The smallest absolute Gasteiger partial charge is 0.136 e. The molecule has 254 valence electrons. The van der Waals surface area contributed by atoms with Crippen LogP contribution < -0.4 is 9.64 Å². The van der Waals surface area contributed by atoms with Crippen molar-refractivity contribution in [2.75, 3.05) is 4.90 Å². The summed E-state index contributed by atoms with van der Waals surface area (Å²) in [6, 6.07) is 75.7. The first kappa shape index (κ1) is 31.6. The molecule has 0 aliphatic carbocycles. The molecular formula is C52H35NO. The number of rotatable bonds is 7. The summed E-state index contributed by atoms with van der Waals surface area (Å²) < 4.78 is 6.78. The molecule has 9 aromatic carbocycles. The van der Waals surface area contributed by atoms with E-state index in [1.807, 2.05) is 0 Å². The summed E-state index contributed by atoms with van der Waals surface area (Å²) in [6.07, 6.45) is 0. The van der Waals surface area contributed by atoms with Gasteiger partial charge in [0.05, 0.1) is 5.69 Å². The van der Waals surface area contributed by atoms with Gasteiger partial charge in [0.15, 0.2) is 0 Å². The summed E-state index contributed by atoms with van der Waals surface area (Å²) in [5.74, 6) is 1.74. The molecule has 0 saturated heterocycles. The maximum absolute atomic E-state index is 6.78. The predicted octanol–water partition coefficient (Wildman–Crippen LogP) is 14.8. The van der Waals surface area contributed by atoms with E-state index in [4.69, 9.17) is 4.74 Å². The Morgan fingerprint density at radius 3 is 1.35 bits per heavy atom. The highest BCUT2D eigenvalue weighted by atomic mass is 16.5. The molecule has 1 heterocycles. The third kappa shape index (κ3) is 5.71. The minimum Gasteiger partial charge on any atom is -0.456 e. The molecule has 10 rings (SSSR count). The largest absolute Gasteiger partial charge is 0.456 e. The van der Waals surface area contributed by atoms with Crippen LogP contribution in [0, 0.1) is 0 Å².